The number of nitrogens with zero attached hydrogens (tertiary/aromatic N) is 2. The lowest BCUT2D eigenvalue weighted by Crippen LogP contribution is -2.44. The summed E-state index contributed by atoms with van der Waals surface area (Å²) in [5, 5.41) is 8.90. The van der Waals surface area contributed by atoms with Crippen LogP contribution in [0.25, 0.3) is 11.3 Å². The molecule has 1 aliphatic rings. The summed E-state index contributed by atoms with van der Waals surface area (Å²) < 4.78 is 0. The maximum atomic E-state index is 11.8. The zero-order valence-electron chi connectivity index (χ0n) is 13.0. The molecule has 1 aliphatic heterocycles. The highest BCUT2D eigenvalue weighted by molar-refractivity contribution is 5.87. The largest absolute Gasteiger partial charge is 0.477 e. The van der Waals surface area contributed by atoms with E-state index in [-0.39, 0.29) is 5.56 Å². The van der Waals surface area contributed by atoms with E-state index < -0.39 is 11.5 Å². The number of hydrogen-bond acceptors (Lipinski definition) is 4. The van der Waals surface area contributed by atoms with Gasteiger partial charge in [-0.25, -0.2) is 4.79 Å². The monoisotopic (exact) mass is 313 g/mol. The van der Waals surface area contributed by atoms with Gasteiger partial charge < -0.3 is 19.9 Å². The van der Waals surface area contributed by atoms with Crippen LogP contribution in [0.4, 0.5) is 5.69 Å². The van der Waals surface area contributed by atoms with Gasteiger partial charge in [0.2, 0.25) is 0 Å². The predicted octanol–water partition coefficient (Wildman–Crippen LogP) is 1.49. The number of aromatic amines is 1. The molecule has 1 aromatic heterocycles. The van der Waals surface area contributed by atoms with Gasteiger partial charge >= 0.3 is 5.97 Å². The van der Waals surface area contributed by atoms with Gasteiger partial charge in [0, 0.05) is 37.6 Å². The second-order valence-electron chi connectivity index (χ2n) is 5.76. The number of pyridine rings is 1. The lowest BCUT2D eigenvalue weighted by molar-refractivity contribution is 0.0695. The lowest BCUT2D eigenvalue weighted by Gasteiger charge is -2.34. The molecule has 120 valence electrons. The van der Waals surface area contributed by atoms with Crippen LogP contribution >= 0.6 is 0 Å². The number of rotatable bonds is 3. The molecule has 3 rings (SSSR count). The van der Waals surface area contributed by atoms with Crippen molar-refractivity contribution in [2.45, 2.75) is 0 Å². The van der Waals surface area contributed by atoms with Gasteiger partial charge in [0.25, 0.3) is 5.56 Å². The molecular weight excluding hydrogens is 294 g/mol. The summed E-state index contributed by atoms with van der Waals surface area (Å²) in [6.45, 7) is 4.09. The van der Waals surface area contributed by atoms with Crippen LogP contribution in [-0.4, -0.2) is 54.2 Å². The van der Waals surface area contributed by atoms with Gasteiger partial charge in [-0.05, 0) is 36.9 Å². The van der Waals surface area contributed by atoms with E-state index >= 15 is 0 Å². The standard InChI is InChI=1S/C17H19N3O3/c1-19-8-10-20(11-9-19)13-4-2-12(3-5-13)15-7-6-14(17(22)23)16(21)18-15/h2-7H,8-11H2,1H3,(H,18,21)(H,22,23). The number of carbonyl (C=O) groups is 1. The van der Waals surface area contributed by atoms with Crippen LogP contribution in [0.15, 0.2) is 41.2 Å². The van der Waals surface area contributed by atoms with Gasteiger partial charge in [0.05, 0.1) is 0 Å². The number of aromatic nitrogens is 1. The Bertz CT molecular complexity index is 759. The minimum atomic E-state index is -1.22. The Labute approximate surface area is 134 Å². The molecule has 0 atom stereocenters. The molecule has 2 heterocycles. The average molecular weight is 313 g/mol. The minimum absolute atomic E-state index is 0.247. The zero-order chi connectivity index (χ0) is 16.4. The van der Waals surface area contributed by atoms with E-state index in [1.165, 1.54) is 6.07 Å². The molecule has 2 aromatic rings. The fourth-order valence-electron chi connectivity index (χ4n) is 2.73. The van der Waals surface area contributed by atoms with E-state index in [1.807, 2.05) is 24.3 Å². The van der Waals surface area contributed by atoms with Crippen molar-refractivity contribution in [3.63, 3.8) is 0 Å². The Balaban J connectivity index is 1.81. The van der Waals surface area contributed by atoms with Crippen molar-refractivity contribution in [3.05, 3.63) is 52.3 Å². The molecule has 0 saturated carbocycles. The van der Waals surface area contributed by atoms with Crippen LogP contribution in [0.5, 0.6) is 0 Å². The lowest BCUT2D eigenvalue weighted by atomic mass is 10.1. The summed E-state index contributed by atoms with van der Waals surface area (Å²) in [7, 11) is 2.12. The second kappa shape index (κ2) is 6.26. The number of piperazine rings is 1. The Morgan fingerprint density at radius 1 is 1.04 bits per heavy atom. The van der Waals surface area contributed by atoms with Gasteiger partial charge in [-0.2, -0.15) is 0 Å². The highest BCUT2D eigenvalue weighted by Gasteiger charge is 2.14. The number of likely N-dealkylation sites (N-methyl/N-ethyl adjacent to an activating group) is 1. The van der Waals surface area contributed by atoms with Crippen LogP contribution in [0.3, 0.4) is 0 Å². The van der Waals surface area contributed by atoms with Crippen molar-refractivity contribution in [2.75, 3.05) is 38.1 Å². The van der Waals surface area contributed by atoms with Gasteiger partial charge in [-0.3, -0.25) is 4.79 Å². The summed E-state index contributed by atoms with van der Waals surface area (Å²) in [5.41, 5.74) is 1.80. The molecule has 0 bridgehead atoms. The van der Waals surface area contributed by atoms with E-state index in [0.717, 1.165) is 37.4 Å². The Kier molecular flexibility index (Phi) is 4.16. The number of H-pyrrole nitrogens is 1. The molecule has 0 spiro atoms. The molecule has 0 radical (unpaired) electrons. The summed E-state index contributed by atoms with van der Waals surface area (Å²) in [5.74, 6) is -1.22. The highest BCUT2D eigenvalue weighted by Crippen LogP contribution is 2.22. The van der Waals surface area contributed by atoms with Gasteiger partial charge in [0.15, 0.2) is 0 Å². The van der Waals surface area contributed by atoms with Gasteiger partial charge in [-0.15, -0.1) is 0 Å². The SMILES string of the molecule is CN1CCN(c2ccc(-c3ccc(C(=O)O)c(=O)[nH]3)cc2)CC1. The quantitative estimate of drug-likeness (QED) is 0.898. The number of hydrogen-bond donors (Lipinski definition) is 2. The van der Waals surface area contributed by atoms with E-state index in [9.17, 15) is 9.59 Å². The van der Waals surface area contributed by atoms with E-state index in [4.69, 9.17) is 5.11 Å². The number of nitrogens with one attached hydrogen (secondary N) is 1. The first kappa shape index (κ1) is 15.3. The number of carboxylic acid groups (broad SMARTS) is 1. The van der Waals surface area contributed by atoms with Crippen LogP contribution < -0.4 is 10.5 Å². The van der Waals surface area contributed by atoms with Crippen LogP contribution in [0.2, 0.25) is 0 Å². The molecule has 2 N–H and O–H groups in total. The first-order chi connectivity index (χ1) is 11.0. The summed E-state index contributed by atoms with van der Waals surface area (Å²) >= 11 is 0. The fraction of sp³-hybridized carbons (Fsp3) is 0.294. The zero-order valence-corrected chi connectivity index (χ0v) is 13.0. The molecule has 23 heavy (non-hydrogen) atoms. The third kappa shape index (κ3) is 3.27. The molecule has 0 amide bonds. The molecule has 1 aromatic carbocycles. The summed E-state index contributed by atoms with van der Waals surface area (Å²) in [4.78, 5) is 29.9. The van der Waals surface area contributed by atoms with Gasteiger partial charge in [-0.1, -0.05) is 12.1 Å². The minimum Gasteiger partial charge on any atom is -0.477 e. The van der Waals surface area contributed by atoms with Crippen molar-refractivity contribution < 1.29 is 9.90 Å². The second-order valence-corrected chi connectivity index (χ2v) is 5.76. The van der Waals surface area contributed by atoms with Crippen molar-refractivity contribution in [1.29, 1.82) is 0 Å². The molecular formula is C17H19N3O3. The summed E-state index contributed by atoms with van der Waals surface area (Å²) in [6, 6.07) is 10.9. The highest BCUT2D eigenvalue weighted by atomic mass is 16.4. The molecule has 1 saturated heterocycles. The third-order valence-corrected chi connectivity index (χ3v) is 4.19. The molecule has 0 aliphatic carbocycles. The third-order valence-electron chi connectivity index (χ3n) is 4.19. The average Bonchev–Trinajstić information content (AvgIpc) is 2.55. The van der Waals surface area contributed by atoms with E-state index in [0.29, 0.717) is 5.69 Å². The van der Waals surface area contributed by atoms with Crippen LogP contribution in [-0.2, 0) is 0 Å². The maximum absolute atomic E-state index is 11.8. The van der Waals surface area contributed by atoms with Gasteiger partial charge in [0.1, 0.15) is 5.56 Å². The first-order valence-electron chi connectivity index (χ1n) is 7.55. The number of benzene rings is 1. The van der Waals surface area contributed by atoms with E-state index in [2.05, 4.69) is 21.8 Å². The molecule has 0 unspecified atom stereocenters. The molecule has 1 fully saturated rings. The molecule has 6 heteroatoms. The summed E-state index contributed by atoms with van der Waals surface area (Å²) in [6.07, 6.45) is 0. The van der Waals surface area contributed by atoms with Crippen molar-refractivity contribution >= 4 is 11.7 Å². The Morgan fingerprint density at radius 3 is 2.26 bits per heavy atom. The van der Waals surface area contributed by atoms with E-state index in [1.54, 1.807) is 6.07 Å². The number of aromatic carboxylic acids is 1. The van der Waals surface area contributed by atoms with Crippen LogP contribution in [0.1, 0.15) is 10.4 Å². The maximum Gasteiger partial charge on any atom is 0.341 e. The Morgan fingerprint density at radius 2 is 1.70 bits per heavy atom. The van der Waals surface area contributed by atoms with Crippen LogP contribution in [0, 0.1) is 0 Å². The topological polar surface area (TPSA) is 76.6 Å². The number of carboxylic acids is 1. The normalized spacial score (nSPS) is 15.6. The smallest absolute Gasteiger partial charge is 0.341 e. The fourth-order valence-corrected chi connectivity index (χ4v) is 2.73. The number of anilines is 1. The first-order valence-corrected chi connectivity index (χ1v) is 7.55. The predicted molar refractivity (Wildman–Crippen MR) is 89.2 cm³/mol. The molecule has 6 nitrogen and oxygen atoms in total. The Hall–Kier alpha value is -2.60. The van der Waals surface area contributed by atoms with Crippen molar-refractivity contribution in [1.82, 2.24) is 9.88 Å². The van der Waals surface area contributed by atoms with Crippen molar-refractivity contribution in [2.24, 2.45) is 0 Å². The van der Waals surface area contributed by atoms with Crippen molar-refractivity contribution in [3.8, 4) is 11.3 Å².